The summed E-state index contributed by atoms with van der Waals surface area (Å²) < 4.78 is 0. The van der Waals surface area contributed by atoms with Crippen molar-refractivity contribution in [3.8, 4) is 0 Å². The fourth-order valence-electron chi connectivity index (χ4n) is 1.88. The Morgan fingerprint density at radius 2 is 2.21 bits per heavy atom. The number of anilines is 1. The lowest BCUT2D eigenvalue weighted by Gasteiger charge is -2.14. The van der Waals surface area contributed by atoms with Gasteiger partial charge in [0, 0.05) is 24.3 Å². The highest BCUT2D eigenvalue weighted by molar-refractivity contribution is 5.56. The molecule has 1 aromatic rings. The van der Waals surface area contributed by atoms with Crippen LogP contribution in [-0.4, -0.2) is 18.6 Å². The quantitative estimate of drug-likeness (QED) is 0.762. The van der Waals surface area contributed by atoms with Crippen LogP contribution in [0.3, 0.4) is 0 Å². The highest BCUT2D eigenvalue weighted by Gasteiger charge is 2.19. The largest absolute Gasteiger partial charge is 0.380 e. The average molecular weight is 190 g/mol. The van der Waals surface area contributed by atoms with Crippen molar-refractivity contribution in [2.24, 2.45) is 0 Å². The molecule has 2 N–H and O–H groups in total. The fraction of sp³-hybridized carbons (Fsp3) is 0.500. The second kappa shape index (κ2) is 4.01. The first-order chi connectivity index (χ1) is 6.75. The Labute approximate surface area is 85.7 Å². The topological polar surface area (TPSA) is 24.1 Å². The summed E-state index contributed by atoms with van der Waals surface area (Å²) in [6.07, 6.45) is 1.15. The van der Waals surface area contributed by atoms with Gasteiger partial charge in [-0.05, 0) is 18.1 Å². The summed E-state index contributed by atoms with van der Waals surface area (Å²) in [5.41, 5.74) is 2.76. The molecular weight excluding hydrogens is 172 g/mol. The Balaban J connectivity index is 1.92. The molecule has 1 aliphatic heterocycles. The molecule has 0 saturated heterocycles. The lowest BCUT2D eigenvalue weighted by molar-refractivity contribution is 0.549. The zero-order valence-electron chi connectivity index (χ0n) is 8.88. The van der Waals surface area contributed by atoms with E-state index in [4.69, 9.17) is 0 Å². The van der Waals surface area contributed by atoms with Crippen LogP contribution < -0.4 is 10.6 Å². The van der Waals surface area contributed by atoms with Crippen molar-refractivity contribution in [1.82, 2.24) is 5.32 Å². The minimum atomic E-state index is 0.565. The number of rotatable bonds is 3. The molecule has 1 aliphatic rings. The van der Waals surface area contributed by atoms with Crippen LogP contribution >= 0.6 is 0 Å². The predicted octanol–water partition coefficient (Wildman–Crippen LogP) is 2.02. The molecule has 2 rings (SSSR count). The molecule has 1 aromatic carbocycles. The van der Waals surface area contributed by atoms with E-state index < -0.39 is 0 Å². The molecule has 1 atom stereocenters. The number of hydrogen-bond donors (Lipinski definition) is 2. The number of nitrogens with one attached hydrogen (secondary N) is 2. The molecule has 0 saturated carbocycles. The van der Waals surface area contributed by atoms with Gasteiger partial charge in [0.2, 0.25) is 0 Å². The standard InChI is InChI=1S/C12H18N2/c1-9(2)13-8-11-7-10-5-3-4-6-12(10)14-11/h3-6,9,11,13-14H,7-8H2,1-2H3/t11-/m0/s1. The fourth-order valence-corrected chi connectivity index (χ4v) is 1.88. The van der Waals surface area contributed by atoms with Crippen LogP contribution in [0.25, 0.3) is 0 Å². The van der Waals surface area contributed by atoms with E-state index in [1.54, 1.807) is 0 Å². The van der Waals surface area contributed by atoms with Crippen LogP contribution in [0.15, 0.2) is 24.3 Å². The van der Waals surface area contributed by atoms with Gasteiger partial charge in [0.05, 0.1) is 0 Å². The van der Waals surface area contributed by atoms with Crippen LogP contribution in [0.5, 0.6) is 0 Å². The first-order valence-corrected chi connectivity index (χ1v) is 5.33. The van der Waals surface area contributed by atoms with Crippen molar-refractivity contribution in [2.75, 3.05) is 11.9 Å². The summed E-state index contributed by atoms with van der Waals surface area (Å²) >= 11 is 0. The van der Waals surface area contributed by atoms with Crippen molar-refractivity contribution in [3.63, 3.8) is 0 Å². The van der Waals surface area contributed by atoms with Gasteiger partial charge in [0.25, 0.3) is 0 Å². The summed E-state index contributed by atoms with van der Waals surface area (Å²) in [4.78, 5) is 0. The second-order valence-electron chi connectivity index (χ2n) is 4.27. The van der Waals surface area contributed by atoms with E-state index >= 15 is 0 Å². The molecule has 0 fully saturated rings. The van der Waals surface area contributed by atoms with Gasteiger partial charge in [0.1, 0.15) is 0 Å². The Bertz CT molecular complexity index is 282. The van der Waals surface area contributed by atoms with E-state index in [2.05, 4.69) is 48.7 Å². The molecule has 0 bridgehead atoms. The van der Waals surface area contributed by atoms with Gasteiger partial charge in [0.15, 0.2) is 0 Å². The summed E-state index contributed by atoms with van der Waals surface area (Å²) in [5.74, 6) is 0. The SMILES string of the molecule is CC(C)NC[C@@H]1Cc2ccccc2N1. The molecule has 0 aromatic heterocycles. The van der Waals surface area contributed by atoms with Crippen molar-refractivity contribution < 1.29 is 0 Å². The van der Waals surface area contributed by atoms with E-state index in [1.807, 2.05) is 0 Å². The summed E-state index contributed by atoms with van der Waals surface area (Å²) in [6.45, 7) is 5.41. The van der Waals surface area contributed by atoms with E-state index in [0.717, 1.165) is 13.0 Å². The predicted molar refractivity (Wildman–Crippen MR) is 60.7 cm³/mol. The van der Waals surface area contributed by atoms with Gasteiger partial charge in [-0.15, -0.1) is 0 Å². The summed E-state index contributed by atoms with van der Waals surface area (Å²) in [5, 5.41) is 6.99. The first-order valence-electron chi connectivity index (χ1n) is 5.33. The van der Waals surface area contributed by atoms with Gasteiger partial charge < -0.3 is 10.6 Å². The monoisotopic (exact) mass is 190 g/mol. The van der Waals surface area contributed by atoms with E-state index in [9.17, 15) is 0 Å². The van der Waals surface area contributed by atoms with Crippen LogP contribution in [0, 0.1) is 0 Å². The number of hydrogen-bond acceptors (Lipinski definition) is 2. The molecule has 76 valence electrons. The van der Waals surface area contributed by atoms with Crippen molar-refractivity contribution >= 4 is 5.69 Å². The second-order valence-corrected chi connectivity index (χ2v) is 4.27. The Morgan fingerprint density at radius 3 is 2.93 bits per heavy atom. The molecule has 0 aliphatic carbocycles. The third kappa shape index (κ3) is 2.07. The van der Waals surface area contributed by atoms with Crippen molar-refractivity contribution in [2.45, 2.75) is 32.4 Å². The first kappa shape index (κ1) is 9.53. The third-order valence-corrected chi connectivity index (χ3v) is 2.62. The molecular formula is C12H18N2. The van der Waals surface area contributed by atoms with Gasteiger partial charge in [-0.1, -0.05) is 32.0 Å². The maximum Gasteiger partial charge on any atom is 0.0427 e. The zero-order valence-corrected chi connectivity index (χ0v) is 8.88. The van der Waals surface area contributed by atoms with Crippen molar-refractivity contribution in [3.05, 3.63) is 29.8 Å². The van der Waals surface area contributed by atoms with Gasteiger partial charge in [-0.25, -0.2) is 0 Å². The molecule has 2 nitrogen and oxygen atoms in total. The molecule has 0 spiro atoms. The number of benzene rings is 1. The van der Waals surface area contributed by atoms with Gasteiger partial charge in [-0.3, -0.25) is 0 Å². The zero-order chi connectivity index (χ0) is 9.97. The maximum atomic E-state index is 3.53. The maximum absolute atomic E-state index is 3.53. The lowest BCUT2D eigenvalue weighted by Crippen LogP contribution is -2.35. The molecule has 0 amide bonds. The third-order valence-electron chi connectivity index (χ3n) is 2.62. The summed E-state index contributed by atoms with van der Waals surface area (Å²) in [7, 11) is 0. The van der Waals surface area contributed by atoms with Gasteiger partial charge >= 0.3 is 0 Å². The highest BCUT2D eigenvalue weighted by Crippen LogP contribution is 2.24. The van der Waals surface area contributed by atoms with E-state index in [0.29, 0.717) is 12.1 Å². The average Bonchev–Trinajstić information content (AvgIpc) is 2.57. The molecule has 0 unspecified atom stereocenters. The Morgan fingerprint density at radius 1 is 1.43 bits per heavy atom. The number of para-hydroxylation sites is 1. The molecule has 1 heterocycles. The van der Waals surface area contributed by atoms with Gasteiger partial charge in [-0.2, -0.15) is 0 Å². The summed E-state index contributed by atoms with van der Waals surface area (Å²) in [6, 6.07) is 9.70. The minimum Gasteiger partial charge on any atom is -0.380 e. The Hall–Kier alpha value is -1.02. The Kier molecular flexibility index (Phi) is 2.73. The molecule has 2 heteroatoms. The minimum absolute atomic E-state index is 0.565. The molecule has 14 heavy (non-hydrogen) atoms. The van der Waals surface area contributed by atoms with Crippen LogP contribution in [0.1, 0.15) is 19.4 Å². The smallest absolute Gasteiger partial charge is 0.0427 e. The number of fused-ring (bicyclic) bond motifs is 1. The highest BCUT2D eigenvalue weighted by atomic mass is 15.0. The normalized spacial score (nSPS) is 19.5. The van der Waals surface area contributed by atoms with Crippen LogP contribution in [0.2, 0.25) is 0 Å². The van der Waals surface area contributed by atoms with Crippen LogP contribution in [0.4, 0.5) is 5.69 Å². The van der Waals surface area contributed by atoms with Crippen LogP contribution in [-0.2, 0) is 6.42 Å². The van der Waals surface area contributed by atoms with E-state index in [-0.39, 0.29) is 0 Å². The molecule has 0 radical (unpaired) electrons. The lowest BCUT2D eigenvalue weighted by atomic mass is 10.1. The van der Waals surface area contributed by atoms with E-state index in [1.165, 1.54) is 11.3 Å². The van der Waals surface area contributed by atoms with Crippen molar-refractivity contribution in [1.29, 1.82) is 0 Å².